The van der Waals surface area contributed by atoms with E-state index < -0.39 is 0 Å². The summed E-state index contributed by atoms with van der Waals surface area (Å²) in [6, 6.07) is 8.69. The highest BCUT2D eigenvalue weighted by Gasteiger charge is 2.17. The molecule has 1 aromatic carbocycles. The zero-order chi connectivity index (χ0) is 14.5. The molecule has 2 heteroatoms. The average Bonchev–Trinajstić information content (AvgIpc) is 2.46. The van der Waals surface area contributed by atoms with Crippen LogP contribution in [0.4, 0.5) is 0 Å². The van der Waals surface area contributed by atoms with Crippen LogP contribution in [0.1, 0.15) is 45.1 Å². The van der Waals surface area contributed by atoms with Gasteiger partial charge in [-0.15, -0.1) is 0 Å². The van der Waals surface area contributed by atoms with Gasteiger partial charge in [-0.1, -0.05) is 32.9 Å². The molecule has 1 fully saturated rings. The Labute approximate surface area is 124 Å². The van der Waals surface area contributed by atoms with Gasteiger partial charge in [0.15, 0.2) is 0 Å². The van der Waals surface area contributed by atoms with E-state index in [1.165, 1.54) is 31.5 Å². The molecule has 0 spiro atoms. The van der Waals surface area contributed by atoms with Crippen molar-refractivity contribution in [3.05, 3.63) is 29.8 Å². The Kier molecular flexibility index (Phi) is 5.47. The molecule has 112 valence electrons. The van der Waals surface area contributed by atoms with Gasteiger partial charge in [0, 0.05) is 0 Å². The van der Waals surface area contributed by atoms with Gasteiger partial charge >= 0.3 is 0 Å². The van der Waals surface area contributed by atoms with Crippen LogP contribution in [0.25, 0.3) is 0 Å². The van der Waals surface area contributed by atoms with Crippen LogP contribution < -0.4 is 4.74 Å². The number of likely N-dealkylation sites (tertiary alicyclic amines) is 1. The van der Waals surface area contributed by atoms with Crippen molar-refractivity contribution in [3.63, 3.8) is 0 Å². The number of piperidine rings is 1. The lowest BCUT2D eigenvalue weighted by Crippen LogP contribution is -2.32. The summed E-state index contributed by atoms with van der Waals surface area (Å²) < 4.78 is 5.96. The Hall–Kier alpha value is -1.02. The second kappa shape index (κ2) is 7.12. The van der Waals surface area contributed by atoms with Crippen LogP contribution in [0.3, 0.4) is 0 Å². The number of nitrogens with zero attached hydrogens (tertiary/aromatic N) is 1. The van der Waals surface area contributed by atoms with Gasteiger partial charge in [-0.25, -0.2) is 0 Å². The van der Waals surface area contributed by atoms with Crippen LogP contribution in [-0.2, 0) is 0 Å². The topological polar surface area (TPSA) is 12.5 Å². The van der Waals surface area contributed by atoms with E-state index in [2.05, 4.69) is 57.0 Å². The van der Waals surface area contributed by atoms with Gasteiger partial charge in [-0.2, -0.15) is 0 Å². The van der Waals surface area contributed by atoms with Gasteiger partial charge in [0.05, 0.1) is 6.61 Å². The van der Waals surface area contributed by atoms with E-state index >= 15 is 0 Å². The number of ether oxygens (including phenoxy) is 1. The lowest BCUT2D eigenvalue weighted by atomic mass is 9.90. The molecular weight excluding hydrogens is 246 g/mol. The third-order valence-electron chi connectivity index (χ3n) is 4.73. The number of rotatable bonds is 5. The second-order valence-electron chi connectivity index (χ2n) is 6.66. The first-order valence-corrected chi connectivity index (χ1v) is 7.97. The minimum atomic E-state index is 0.609. The zero-order valence-corrected chi connectivity index (χ0v) is 13.4. The van der Waals surface area contributed by atoms with Crippen LogP contribution in [0, 0.1) is 11.8 Å². The van der Waals surface area contributed by atoms with Crippen molar-refractivity contribution >= 4 is 0 Å². The summed E-state index contributed by atoms with van der Waals surface area (Å²) in [7, 11) is 2.20. The third-order valence-corrected chi connectivity index (χ3v) is 4.73. The van der Waals surface area contributed by atoms with Crippen molar-refractivity contribution < 1.29 is 4.74 Å². The SMILES string of the molecule is CC(C)[C@@H](C)c1ccc(OCC2CCN(C)CC2)cc1. The Bertz CT molecular complexity index is 390. The molecule has 0 radical (unpaired) electrons. The van der Waals surface area contributed by atoms with Gasteiger partial charge in [-0.05, 0) is 68.4 Å². The molecular formula is C18H29NO. The molecule has 20 heavy (non-hydrogen) atoms. The summed E-state index contributed by atoms with van der Waals surface area (Å²) >= 11 is 0. The van der Waals surface area contributed by atoms with Gasteiger partial charge < -0.3 is 9.64 Å². The molecule has 0 N–H and O–H groups in total. The Balaban J connectivity index is 1.82. The van der Waals surface area contributed by atoms with Crippen molar-refractivity contribution in [1.82, 2.24) is 4.90 Å². The standard InChI is InChI=1S/C18H29NO/c1-14(2)15(3)17-5-7-18(8-6-17)20-13-16-9-11-19(4)12-10-16/h5-8,14-16H,9-13H2,1-4H3/t15-/m1/s1. The first-order valence-electron chi connectivity index (χ1n) is 7.97. The molecule has 1 heterocycles. The van der Waals surface area contributed by atoms with Crippen molar-refractivity contribution in [3.8, 4) is 5.75 Å². The molecule has 1 aliphatic rings. The largest absolute Gasteiger partial charge is 0.493 e. The summed E-state index contributed by atoms with van der Waals surface area (Å²) in [6.07, 6.45) is 2.53. The normalized spacial score (nSPS) is 19.2. The molecule has 1 aliphatic heterocycles. The van der Waals surface area contributed by atoms with Gasteiger partial charge in [0.25, 0.3) is 0 Å². The van der Waals surface area contributed by atoms with Crippen LogP contribution in [0.2, 0.25) is 0 Å². The second-order valence-corrected chi connectivity index (χ2v) is 6.66. The zero-order valence-electron chi connectivity index (χ0n) is 13.4. The van der Waals surface area contributed by atoms with E-state index in [1.54, 1.807) is 0 Å². The van der Waals surface area contributed by atoms with Crippen molar-refractivity contribution in [2.75, 3.05) is 26.7 Å². The first kappa shape index (κ1) is 15.4. The van der Waals surface area contributed by atoms with Gasteiger partial charge in [0.2, 0.25) is 0 Å². The number of hydrogen-bond donors (Lipinski definition) is 0. The fourth-order valence-corrected chi connectivity index (χ4v) is 2.70. The van der Waals surface area contributed by atoms with E-state index in [0.29, 0.717) is 11.8 Å². The van der Waals surface area contributed by atoms with Crippen molar-refractivity contribution in [2.45, 2.75) is 39.5 Å². The molecule has 0 unspecified atom stereocenters. The van der Waals surface area contributed by atoms with E-state index in [0.717, 1.165) is 18.3 Å². The molecule has 0 aliphatic carbocycles. The minimum Gasteiger partial charge on any atom is -0.493 e. The first-order chi connectivity index (χ1) is 9.56. The fourth-order valence-electron chi connectivity index (χ4n) is 2.70. The predicted octanol–water partition coefficient (Wildman–Crippen LogP) is 4.17. The Morgan fingerprint density at radius 2 is 1.70 bits per heavy atom. The maximum Gasteiger partial charge on any atom is 0.119 e. The third kappa shape index (κ3) is 4.24. The molecule has 1 saturated heterocycles. The average molecular weight is 275 g/mol. The summed E-state index contributed by atoms with van der Waals surface area (Å²) in [5.41, 5.74) is 1.41. The van der Waals surface area contributed by atoms with Gasteiger partial charge in [-0.3, -0.25) is 0 Å². The predicted molar refractivity (Wildman–Crippen MR) is 85.4 cm³/mol. The summed E-state index contributed by atoms with van der Waals surface area (Å²) in [5.74, 6) is 3.03. The quantitative estimate of drug-likeness (QED) is 0.800. The fraction of sp³-hybridized carbons (Fsp3) is 0.667. The lowest BCUT2D eigenvalue weighted by molar-refractivity contribution is 0.160. The monoisotopic (exact) mass is 275 g/mol. The molecule has 1 aromatic rings. The Morgan fingerprint density at radius 1 is 1.10 bits per heavy atom. The van der Waals surface area contributed by atoms with Gasteiger partial charge in [0.1, 0.15) is 5.75 Å². The maximum absolute atomic E-state index is 5.96. The summed E-state index contributed by atoms with van der Waals surface area (Å²) in [6.45, 7) is 10.1. The molecule has 1 atom stereocenters. The van der Waals surface area contributed by atoms with E-state index in [4.69, 9.17) is 4.74 Å². The molecule has 0 aromatic heterocycles. The van der Waals surface area contributed by atoms with E-state index in [1.807, 2.05) is 0 Å². The molecule has 0 saturated carbocycles. The summed E-state index contributed by atoms with van der Waals surface area (Å²) in [4.78, 5) is 2.40. The van der Waals surface area contributed by atoms with E-state index in [9.17, 15) is 0 Å². The smallest absolute Gasteiger partial charge is 0.119 e. The van der Waals surface area contributed by atoms with Crippen molar-refractivity contribution in [1.29, 1.82) is 0 Å². The van der Waals surface area contributed by atoms with Crippen LogP contribution in [0.15, 0.2) is 24.3 Å². The molecule has 0 bridgehead atoms. The van der Waals surface area contributed by atoms with Crippen LogP contribution >= 0.6 is 0 Å². The highest BCUT2D eigenvalue weighted by atomic mass is 16.5. The Morgan fingerprint density at radius 3 is 2.25 bits per heavy atom. The highest BCUT2D eigenvalue weighted by molar-refractivity contribution is 5.29. The van der Waals surface area contributed by atoms with E-state index in [-0.39, 0.29) is 0 Å². The minimum absolute atomic E-state index is 0.609. The maximum atomic E-state index is 5.96. The number of hydrogen-bond acceptors (Lipinski definition) is 2. The molecule has 2 nitrogen and oxygen atoms in total. The summed E-state index contributed by atoms with van der Waals surface area (Å²) in [5, 5.41) is 0. The molecule has 0 amide bonds. The van der Waals surface area contributed by atoms with Crippen LogP contribution in [0.5, 0.6) is 5.75 Å². The van der Waals surface area contributed by atoms with Crippen molar-refractivity contribution in [2.24, 2.45) is 11.8 Å². The number of benzene rings is 1. The van der Waals surface area contributed by atoms with Crippen LogP contribution in [-0.4, -0.2) is 31.6 Å². The highest BCUT2D eigenvalue weighted by Crippen LogP contribution is 2.26. The molecule has 2 rings (SSSR count). The lowest BCUT2D eigenvalue weighted by Gasteiger charge is -2.28.